The minimum absolute atomic E-state index is 0.136. The number of rotatable bonds is 3. The number of halogens is 2. The first-order chi connectivity index (χ1) is 9.66. The SMILES string of the molecule is Cn1c(CNc2cccc(F)c2F)nc2ccccc21. The van der Waals surface area contributed by atoms with E-state index in [1.165, 1.54) is 12.1 Å². The van der Waals surface area contributed by atoms with Crippen LogP contribution in [0, 0.1) is 11.6 Å². The quantitative estimate of drug-likeness (QED) is 0.792. The summed E-state index contributed by atoms with van der Waals surface area (Å²) in [7, 11) is 1.90. The predicted octanol–water partition coefficient (Wildman–Crippen LogP) is 3.46. The fourth-order valence-corrected chi connectivity index (χ4v) is 2.17. The molecule has 20 heavy (non-hydrogen) atoms. The van der Waals surface area contributed by atoms with E-state index in [0.717, 1.165) is 22.9 Å². The Morgan fingerprint density at radius 3 is 2.70 bits per heavy atom. The Hall–Kier alpha value is -2.43. The van der Waals surface area contributed by atoms with Crippen LogP contribution in [0.4, 0.5) is 14.5 Å². The molecule has 0 aliphatic carbocycles. The highest BCUT2D eigenvalue weighted by Crippen LogP contribution is 2.19. The molecule has 1 N–H and O–H groups in total. The molecular formula is C15H13F2N3. The van der Waals surface area contributed by atoms with Gasteiger partial charge in [0.1, 0.15) is 5.82 Å². The zero-order valence-electron chi connectivity index (χ0n) is 10.9. The van der Waals surface area contributed by atoms with E-state index in [1.807, 2.05) is 35.9 Å². The van der Waals surface area contributed by atoms with Crippen molar-refractivity contribution >= 4 is 16.7 Å². The second kappa shape index (κ2) is 4.92. The molecule has 0 fully saturated rings. The maximum absolute atomic E-state index is 13.5. The Labute approximate surface area is 114 Å². The monoisotopic (exact) mass is 273 g/mol. The smallest absolute Gasteiger partial charge is 0.181 e. The predicted molar refractivity (Wildman–Crippen MR) is 74.4 cm³/mol. The van der Waals surface area contributed by atoms with Crippen LogP contribution in [0.1, 0.15) is 5.82 Å². The summed E-state index contributed by atoms with van der Waals surface area (Å²) in [5.41, 5.74) is 2.02. The van der Waals surface area contributed by atoms with E-state index in [9.17, 15) is 8.78 Å². The van der Waals surface area contributed by atoms with Crippen molar-refractivity contribution in [2.24, 2.45) is 7.05 Å². The van der Waals surface area contributed by atoms with Crippen LogP contribution < -0.4 is 5.32 Å². The number of imidazole rings is 1. The maximum atomic E-state index is 13.5. The zero-order valence-corrected chi connectivity index (χ0v) is 10.9. The molecule has 3 aromatic rings. The van der Waals surface area contributed by atoms with Crippen LogP contribution in [0.5, 0.6) is 0 Å². The topological polar surface area (TPSA) is 29.9 Å². The molecule has 0 aliphatic heterocycles. The molecule has 0 aliphatic rings. The van der Waals surface area contributed by atoms with Gasteiger partial charge >= 0.3 is 0 Å². The lowest BCUT2D eigenvalue weighted by molar-refractivity contribution is 0.510. The molecule has 1 heterocycles. The van der Waals surface area contributed by atoms with Crippen LogP contribution in [-0.4, -0.2) is 9.55 Å². The van der Waals surface area contributed by atoms with Crippen molar-refractivity contribution in [2.45, 2.75) is 6.54 Å². The summed E-state index contributed by atoms with van der Waals surface area (Å²) in [6.45, 7) is 0.325. The van der Waals surface area contributed by atoms with E-state index in [4.69, 9.17) is 0 Å². The average Bonchev–Trinajstić information content (AvgIpc) is 2.78. The van der Waals surface area contributed by atoms with Gasteiger partial charge in [-0.3, -0.25) is 0 Å². The second-order valence-corrected chi connectivity index (χ2v) is 4.53. The summed E-state index contributed by atoms with van der Waals surface area (Å²) in [4.78, 5) is 4.46. The van der Waals surface area contributed by atoms with E-state index in [0.29, 0.717) is 6.54 Å². The number of nitrogens with one attached hydrogen (secondary N) is 1. The van der Waals surface area contributed by atoms with Crippen molar-refractivity contribution in [1.29, 1.82) is 0 Å². The van der Waals surface area contributed by atoms with Crippen molar-refractivity contribution in [3.05, 3.63) is 59.9 Å². The molecular weight excluding hydrogens is 260 g/mol. The van der Waals surface area contributed by atoms with Gasteiger partial charge in [0, 0.05) is 7.05 Å². The third-order valence-electron chi connectivity index (χ3n) is 3.27. The number of aryl methyl sites for hydroxylation is 1. The molecule has 0 bridgehead atoms. The number of hydrogen-bond donors (Lipinski definition) is 1. The van der Waals surface area contributed by atoms with Crippen molar-refractivity contribution in [3.8, 4) is 0 Å². The lowest BCUT2D eigenvalue weighted by atomic mass is 10.3. The van der Waals surface area contributed by atoms with E-state index in [2.05, 4.69) is 10.3 Å². The minimum atomic E-state index is -0.869. The first-order valence-electron chi connectivity index (χ1n) is 6.25. The summed E-state index contributed by atoms with van der Waals surface area (Å²) < 4.78 is 28.6. The normalized spacial score (nSPS) is 10.9. The number of nitrogens with zero attached hydrogens (tertiary/aromatic N) is 2. The highest BCUT2D eigenvalue weighted by Gasteiger charge is 2.10. The van der Waals surface area contributed by atoms with E-state index in [-0.39, 0.29) is 5.69 Å². The number of anilines is 1. The lowest BCUT2D eigenvalue weighted by Gasteiger charge is -2.08. The third-order valence-corrected chi connectivity index (χ3v) is 3.27. The van der Waals surface area contributed by atoms with Crippen molar-refractivity contribution < 1.29 is 8.78 Å². The molecule has 3 rings (SSSR count). The molecule has 0 amide bonds. The Morgan fingerprint density at radius 2 is 1.90 bits per heavy atom. The summed E-state index contributed by atoms with van der Waals surface area (Å²) in [6, 6.07) is 11.8. The van der Waals surface area contributed by atoms with Gasteiger partial charge < -0.3 is 9.88 Å². The summed E-state index contributed by atoms with van der Waals surface area (Å²) in [5, 5.41) is 2.87. The van der Waals surface area contributed by atoms with Crippen LogP contribution in [0.2, 0.25) is 0 Å². The Kier molecular flexibility index (Phi) is 3.10. The Balaban J connectivity index is 1.87. The number of aromatic nitrogens is 2. The maximum Gasteiger partial charge on any atom is 0.181 e. The summed E-state index contributed by atoms with van der Waals surface area (Å²) >= 11 is 0. The van der Waals surface area contributed by atoms with Gasteiger partial charge in [0.05, 0.1) is 23.3 Å². The number of para-hydroxylation sites is 2. The van der Waals surface area contributed by atoms with Gasteiger partial charge in [-0.05, 0) is 24.3 Å². The molecule has 3 nitrogen and oxygen atoms in total. The Bertz CT molecular complexity index is 765. The summed E-state index contributed by atoms with van der Waals surface area (Å²) in [6.07, 6.45) is 0. The van der Waals surface area contributed by atoms with Crippen molar-refractivity contribution in [2.75, 3.05) is 5.32 Å². The molecule has 0 saturated heterocycles. The van der Waals surface area contributed by atoms with Gasteiger partial charge in [0.15, 0.2) is 11.6 Å². The van der Waals surface area contributed by atoms with Crippen LogP contribution >= 0.6 is 0 Å². The molecule has 0 atom stereocenters. The summed E-state index contributed by atoms with van der Waals surface area (Å²) in [5.74, 6) is -0.971. The number of fused-ring (bicyclic) bond motifs is 1. The molecule has 2 aromatic carbocycles. The second-order valence-electron chi connectivity index (χ2n) is 4.53. The fourth-order valence-electron chi connectivity index (χ4n) is 2.17. The van der Waals surface area contributed by atoms with E-state index >= 15 is 0 Å². The van der Waals surface area contributed by atoms with Crippen molar-refractivity contribution in [1.82, 2.24) is 9.55 Å². The Morgan fingerprint density at radius 1 is 1.10 bits per heavy atom. The minimum Gasteiger partial charge on any atom is -0.375 e. The van der Waals surface area contributed by atoms with Crippen molar-refractivity contribution in [3.63, 3.8) is 0 Å². The molecule has 0 radical (unpaired) electrons. The number of hydrogen-bond acceptors (Lipinski definition) is 2. The van der Waals surface area contributed by atoms with Gasteiger partial charge in [0.25, 0.3) is 0 Å². The molecule has 1 aromatic heterocycles. The van der Waals surface area contributed by atoms with Gasteiger partial charge in [-0.2, -0.15) is 0 Å². The van der Waals surface area contributed by atoms with Crippen LogP contribution in [0.15, 0.2) is 42.5 Å². The average molecular weight is 273 g/mol. The number of benzene rings is 2. The van der Waals surface area contributed by atoms with E-state index < -0.39 is 11.6 Å². The first-order valence-corrected chi connectivity index (χ1v) is 6.25. The van der Waals surface area contributed by atoms with Gasteiger partial charge in [-0.15, -0.1) is 0 Å². The van der Waals surface area contributed by atoms with Gasteiger partial charge in [0.2, 0.25) is 0 Å². The van der Waals surface area contributed by atoms with Crippen LogP contribution in [-0.2, 0) is 13.6 Å². The molecule has 102 valence electrons. The largest absolute Gasteiger partial charge is 0.375 e. The molecule has 0 unspecified atom stereocenters. The van der Waals surface area contributed by atoms with Crippen LogP contribution in [0.3, 0.4) is 0 Å². The standard InChI is InChI=1S/C15H13F2N3/c1-20-13-8-3-2-6-11(13)19-14(20)9-18-12-7-4-5-10(16)15(12)17/h2-8,18H,9H2,1H3. The van der Waals surface area contributed by atoms with Gasteiger partial charge in [-0.1, -0.05) is 18.2 Å². The highest BCUT2D eigenvalue weighted by molar-refractivity contribution is 5.75. The van der Waals surface area contributed by atoms with E-state index in [1.54, 1.807) is 0 Å². The lowest BCUT2D eigenvalue weighted by Crippen LogP contribution is -2.07. The molecule has 0 spiro atoms. The van der Waals surface area contributed by atoms with Crippen LogP contribution in [0.25, 0.3) is 11.0 Å². The molecule has 5 heteroatoms. The zero-order chi connectivity index (χ0) is 14.1. The van der Waals surface area contributed by atoms with Gasteiger partial charge in [-0.25, -0.2) is 13.8 Å². The highest BCUT2D eigenvalue weighted by atomic mass is 19.2. The first kappa shape index (κ1) is 12.6. The third kappa shape index (κ3) is 2.11. The molecule has 0 saturated carbocycles. The fraction of sp³-hybridized carbons (Fsp3) is 0.133.